The topological polar surface area (TPSA) is 29.9 Å². The van der Waals surface area contributed by atoms with Crippen LogP contribution in [0.25, 0.3) is 5.69 Å². The van der Waals surface area contributed by atoms with E-state index in [1.807, 2.05) is 17.1 Å². The minimum absolute atomic E-state index is 0.498. The van der Waals surface area contributed by atoms with Crippen LogP contribution < -0.4 is 5.32 Å². The molecule has 1 heterocycles. The SMILES string of the molecule is CCC(C)Nc1cccc(-n2ccnc2)c1. The van der Waals surface area contributed by atoms with Crippen LogP contribution in [-0.2, 0) is 0 Å². The zero-order chi connectivity index (χ0) is 11.4. The minimum atomic E-state index is 0.498. The average molecular weight is 215 g/mol. The Bertz CT molecular complexity index is 434. The van der Waals surface area contributed by atoms with Gasteiger partial charge in [0.15, 0.2) is 0 Å². The van der Waals surface area contributed by atoms with Crippen molar-refractivity contribution in [1.29, 1.82) is 0 Å². The lowest BCUT2D eigenvalue weighted by atomic mass is 10.2. The molecular formula is C13H17N3. The number of benzene rings is 1. The molecular weight excluding hydrogens is 198 g/mol. The molecule has 1 atom stereocenters. The second kappa shape index (κ2) is 4.84. The molecule has 2 aromatic rings. The molecule has 0 radical (unpaired) electrons. The number of aromatic nitrogens is 2. The van der Waals surface area contributed by atoms with Crippen LogP contribution >= 0.6 is 0 Å². The minimum Gasteiger partial charge on any atom is -0.383 e. The smallest absolute Gasteiger partial charge is 0.0991 e. The Labute approximate surface area is 96.1 Å². The first kappa shape index (κ1) is 10.7. The number of nitrogens with one attached hydrogen (secondary N) is 1. The van der Waals surface area contributed by atoms with E-state index in [1.165, 1.54) is 0 Å². The zero-order valence-electron chi connectivity index (χ0n) is 9.72. The number of hydrogen-bond donors (Lipinski definition) is 1. The Morgan fingerprint density at radius 3 is 3.00 bits per heavy atom. The Hall–Kier alpha value is -1.77. The maximum atomic E-state index is 4.05. The maximum Gasteiger partial charge on any atom is 0.0991 e. The first-order valence-electron chi connectivity index (χ1n) is 5.64. The van der Waals surface area contributed by atoms with Crippen LogP contribution in [0.4, 0.5) is 5.69 Å². The van der Waals surface area contributed by atoms with Gasteiger partial charge in [-0.15, -0.1) is 0 Å². The fraction of sp³-hybridized carbons (Fsp3) is 0.308. The van der Waals surface area contributed by atoms with E-state index in [2.05, 4.69) is 48.4 Å². The molecule has 0 aliphatic heterocycles. The molecule has 3 nitrogen and oxygen atoms in total. The van der Waals surface area contributed by atoms with Gasteiger partial charge in [0.1, 0.15) is 0 Å². The lowest BCUT2D eigenvalue weighted by Gasteiger charge is -2.13. The van der Waals surface area contributed by atoms with E-state index in [4.69, 9.17) is 0 Å². The van der Waals surface area contributed by atoms with Crippen molar-refractivity contribution >= 4 is 5.69 Å². The van der Waals surface area contributed by atoms with E-state index in [0.717, 1.165) is 17.8 Å². The van der Waals surface area contributed by atoms with Crippen molar-refractivity contribution in [3.63, 3.8) is 0 Å². The van der Waals surface area contributed by atoms with Crippen molar-refractivity contribution in [3.8, 4) is 5.69 Å². The van der Waals surface area contributed by atoms with E-state index < -0.39 is 0 Å². The Morgan fingerprint density at radius 1 is 1.44 bits per heavy atom. The van der Waals surface area contributed by atoms with Crippen molar-refractivity contribution in [3.05, 3.63) is 43.0 Å². The summed E-state index contributed by atoms with van der Waals surface area (Å²) in [4.78, 5) is 4.05. The molecule has 2 rings (SSSR count). The fourth-order valence-corrected chi connectivity index (χ4v) is 1.55. The summed E-state index contributed by atoms with van der Waals surface area (Å²) in [5.41, 5.74) is 2.28. The molecule has 0 fully saturated rings. The summed E-state index contributed by atoms with van der Waals surface area (Å²) < 4.78 is 2.00. The van der Waals surface area contributed by atoms with E-state index in [-0.39, 0.29) is 0 Å². The molecule has 0 saturated heterocycles. The second-order valence-corrected chi connectivity index (χ2v) is 3.97. The molecule has 84 valence electrons. The maximum absolute atomic E-state index is 4.05. The summed E-state index contributed by atoms with van der Waals surface area (Å²) in [6, 6.07) is 8.85. The highest BCUT2D eigenvalue weighted by atomic mass is 15.0. The highest BCUT2D eigenvalue weighted by molar-refractivity contribution is 5.51. The number of rotatable bonds is 4. The molecule has 3 heteroatoms. The van der Waals surface area contributed by atoms with Gasteiger partial charge in [-0.05, 0) is 31.5 Å². The van der Waals surface area contributed by atoms with Gasteiger partial charge in [0.2, 0.25) is 0 Å². The second-order valence-electron chi connectivity index (χ2n) is 3.97. The average Bonchev–Trinajstić information content (AvgIpc) is 2.83. The van der Waals surface area contributed by atoms with Crippen LogP contribution in [0, 0.1) is 0 Å². The fourth-order valence-electron chi connectivity index (χ4n) is 1.55. The Kier molecular flexibility index (Phi) is 3.25. The zero-order valence-corrected chi connectivity index (χ0v) is 9.72. The van der Waals surface area contributed by atoms with Crippen molar-refractivity contribution in [2.24, 2.45) is 0 Å². The molecule has 1 N–H and O–H groups in total. The van der Waals surface area contributed by atoms with E-state index in [1.54, 1.807) is 6.20 Å². The first-order valence-corrected chi connectivity index (χ1v) is 5.64. The van der Waals surface area contributed by atoms with Crippen LogP contribution in [0.1, 0.15) is 20.3 Å². The molecule has 1 unspecified atom stereocenters. The third-order valence-corrected chi connectivity index (χ3v) is 2.67. The normalized spacial score (nSPS) is 12.4. The van der Waals surface area contributed by atoms with Crippen LogP contribution in [0.3, 0.4) is 0 Å². The molecule has 0 bridgehead atoms. The molecule has 0 amide bonds. The molecule has 0 saturated carbocycles. The monoisotopic (exact) mass is 215 g/mol. The van der Waals surface area contributed by atoms with Crippen molar-refractivity contribution in [2.75, 3.05) is 5.32 Å². The van der Waals surface area contributed by atoms with Gasteiger partial charge in [0.25, 0.3) is 0 Å². The Morgan fingerprint density at radius 2 is 2.31 bits per heavy atom. The van der Waals surface area contributed by atoms with E-state index in [0.29, 0.717) is 6.04 Å². The molecule has 1 aromatic heterocycles. The molecule has 16 heavy (non-hydrogen) atoms. The molecule has 1 aromatic carbocycles. The summed E-state index contributed by atoms with van der Waals surface area (Å²) in [5, 5.41) is 3.46. The predicted molar refractivity (Wildman–Crippen MR) is 66.9 cm³/mol. The molecule has 0 spiro atoms. The van der Waals surface area contributed by atoms with Crippen molar-refractivity contribution < 1.29 is 0 Å². The van der Waals surface area contributed by atoms with Crippen molar-refractivity contribution in [2.45, 2.75) is 26.3 Å². The van der Waals surface area contributed by atoms with Crippen LogP contribution in [0.15, 0.2) is 43.0 Å². The number of anilines is 1. The summed E-state index contributed by atoms with van der Waals surface area (Å²) in [7, 11) is 0. The largest absolute Gasteiger partial charge is 0.383 e. The third-order valence-electron chi connectivity index (χ3n) is 2.67. The van der Waals surface area contributed by atoms with Crippen molar-refractivity contribution in [1.82, 2.24) is 9.55 Å². The summed E-state index contributed by atoms with van der Waals surface area (Å²) >= 11 is 0. The molecule has 0 aliphatic rings. The van der Waals surface area contributed by atoms with Gasteiger partial charge < -0.3 is 9.88 Å². The standard InChI is InChI=1S/C13H17N3/c1-3-11(2)15-12-5-4-6-13(9-12)16-8-7-14-10-16/h4-11,15H,3H2,1-2H3. The Balaban J connectivity index is 2.20. The first-order chi connectivity index (χ1) is 7.79. The summed E-state index contributed by atoms with van der Waals surface area (Å²) in [6.07, 6.45) is 6.66. The van der Waals surface area contributed by atoms with Gasteiger partial charge in [0, 0.05) is 29.8 Å². The van der Waals surface area contributed by atoms with Gasteiger partial charge in [-0.3, -0.25) is 0 Å². The summed E-state index contributed by atoms with van der Waals surface area (Å²) in [6.45, 7) is 4.36. The van der Waals surface area contributed by atoms with Crippen LogP contribution in [0.2, 0.25) is 0 Å². The van der Waals surface area contributed by atoms with Gasteiger partial charge in [0.05, 0.1) is 6.33 Å². The molecule has 0 aliphatic carbocycles. The quantitative estimate of drug-likeness (QED) is 0.849. The van der Waals surface area contributed by atoms with Gasteiger partial charge in [-0.2, -0.15) is 0 Å². The highest BCUT2D eigenvalue weighted by Crippen LogP contribution is 2.15. The third kappa shape index (κ3) is 2.42. The number of nitrogens with zero attached hydrogens (tertiary/aromatic N) is 2. The van der Waals surface area contributed by atoms with E-state index >= 15 is 0 Å². The van der Waals surface area contributed by atoms with Crippen LogP contribution in [0.5, 0.6) is 0 Å². The van der Waals surface area contributed by atoms with E-state index in [9.17, 15) is 0 Å². The number of imidazole rings is 1. The van der Waals surface area contributed by atoms with Gasteiger partial charge >= 0.3 is 0 Å². The predicted octanol–water partition coefficient (Wildman–Crippen LogP) is 3.08. The number of hydrogen-bond acceptors (Lipinski definition) is 2. The lowest BCUT2D eigenvalue weighted by molar-refractivity contribution is 0.764. The van der Waals surface area contributed by atoms with Gasteiger partial charge in [-0.1, -0.05) is 13.0 Å². The summed E-state index contributed by atoms with van der Waals surface area (Å²) in [5.74, 6) is 0. The highest BCUT2D eigenvalue weighted by Gasteiger charge is 2.00. The lowest BCUT2D eigenvalue weighted by Crippen LogP contribution is -2.13. The van der Waals surface area contributed by atoms with Gasteiger partial charge in [-0.25, -0.2) is 4.98 Å². The van der Waals surface area contributed by atoms with Crippen LogP contribution in [-0.4, -0.2) is 15.6 Å².